The number of carbonyl (C=O) groups is 3. The van der Waals surface area contributed by atoms with E-state index in [9.17, 15) is 14.4 Å². The summed E-state index contributed by atoms with van der Waals surface area (Å²) in [5.41, 5.74) is 6.58. The first-order valence-corrected chi connectivity index (χ1v) is 6.34. The Balaban J connectivity index is 2.23. The van der Waals surface area contributed by atoms with Crippen LogP contribution in [0, 0.1) is 0 Å². The number of nitrogens with two attached hydrogens (primary N) is 1. The van der Waals surface area contributed by atoms with Gasteiger partial charge >= 0.3 is 0 Å². The van der Waals surface area contributed by atoms with E-state index < -0.39 is 11.8 Å². The van der Waals surface area contributed by atoms with Crippen molar-refractivity contribution in [2.45, 2.75) is 19.9 Å². The lowest BCUT2D eigenvalue weighted by atomic mass is 10.1. The highest BCUT2D eigenvalue weighted by Crippen LogP contribution is 2.24. The smallest absolute Gasteiger partial charge is 0.262 e. The van der Waals surface area contributed by atoms with E-state index in [2.05, 4.69) is 0 Å². The number of likely N-dealkylation sites (N-methyl/N-ethyl adjacent to an activating group) is 1. The van der Waals surface area contributed by atoms with E-state index in [1.807, 2.05) is 13.8 Å². The summed E-state index contributed by atoms with van der Waals surface area (Å²) in [6.07, 6.45) is 0. The highest BCUT2D eigenvalue weighted by atomic mass is 16.2. The Morgan fingerprint density at radius 2 is 1.85 bits per heavy atom. The second-order valence-electron chi connectivity index (χ2n) is 5.10. The summed E-state index contributed by atoms with van der Waals surface area (Å²) in [5.74, 6) is -1.19. The van der Waals surface area contributed by atoms with Crippen molar-refractivity contribution in [1.82, 2.24) is 9.80 Å². The van der Waals surface area contributed by atoms with Crippen LogP contribution < -0.4 is 5.73 Å². The van der Waals surface area contributed by atoms with Crippen LogP contribution in [0.25, 0.3) is 0 Å². The van der Waals surface area contributed by atoms with Crippen molar-refractivity contribution < 1.29 is 14.4 Å². The second kappa shape index (κ2) is 4.96. The molecule has 1 aliphatic rings. The molecule has 2 rings (SSSR count). The van der Waals surface area contributed by atoms with E-state index in [1.54, 1.807) is 13.1 Å². The van der Waals surface area contributed by atoms with E-state index in [0.29, 0.717) is 11.3 Å². The molecule has 20 heavy (non-hydrogen) atoms. The van der Waals surface area contributed by atoms with Gasteiger partial charge in [0.25, 0.3) is 11.8 Å². The second-order valence-corrected chi connectivity index (χ2v) is 5.10. The van der Waals surface area contributed by atoms with E-state index in [-0.39, 0.29) is 24.1 Å². The van der Waals surface area contributed by atoms with Gasteiger partial charge in [0.05, 0.1) is 11.1 Å². The Morgan fingerprint density at radius 3 is 2.45 bits per heavy atom. The maximum Gasteiger partial charge on any atom is 0.262 e. The molecule has 0 aromatic heterocycles. The van der Waals surface area contributed by atoms with Gasteiger partial charge in [-0.15, -0.1) is 0 Å². The summed E-state index contributed by atoms with van der Waals surface area (Å²) in [5, 5.41) is 0. The number of fused-ring (bicyclic) bond motifs is 1. The number of rotatable bonds is 3. The van der Waals surface area contributed by atoms with Crippen LogP contribution in [0.3, 0.4) is 0 Å². The molecule has 0 unspecified atom stereocenters. The number of nitrogen functional groups attached to an aromatic ring is 1. The largest absolute Gasteiger partial charge is 0.399 e. The fraction of sp³-hybridized carbons (Fsp3) is 0.357. The Morgan fingerprint density at radius 1 is 1.25 bits per heavy atom. The third-order valence-corrected chi connectivity index (χ3v) is 3.46. The molecule has 6 heteroatoms. The molecule has 0 aliphatic carbocycles. The molecule has 0 saturated carbocycles. The van der Waals surface area contributed by atoms with Crippen LogP contribution in [0.15, 0.2) is 18.2 Å². The monoisotopic (exact) mass is 275 g/mol. The van der Waals surface area contributed by atoms with Gasteiger partial charge in [-0.2, -0.15) is 0 Å². The molecular formula is C14H17N3O3. The molecule has 0 radical (unpaired) electrons. The molecular weight excluding hydrogens is 258 g/mol. The molecule has 1 heterocycles. The van der Waals surface area contributed by atoms with E-state index >= 15 is 0 Å². The molecule has 1 aliphatic heterocycles. The lowest BCUT2D eigenvalue weighted by Crippen LogP contribution is -2.43. The Bertz CT molecular complexity index is 595. The molecule has 1 aromatic carbocycles. The number of hydrogen-bond donors (Lipinski definition) is 1. The SMILES string of the molecule is CC(C)N(C)C(=O)CN1C(=O)c2ccc(N)cc2C1=O. The fourth-order valence-electron chi connectivity index (χ4n) is 1.99. The number of carbonyl (C=O) groups excluding carboxylic acids is 3. The molecule has 0 atom stereocenters. The lowest BCUT2D eigenvalue weighted by molar-refractivity contribution is -0.131. The maximum absolute atomic E-state index is 12.2. The van der Waals surface area contributed by atoms with Crippen LogP contribution in [0.1, 0.15) is 34.6 Å². The quantitative estimate of drug-likeness (QED) is 0.651. The minimum absolute atomic E-state index is 0.00771. The summed E-state index contributed by atoms with van der Waals surface area (Å²) in [6, 6.07) is 4.55. The molecule has 0 saturated heterocycles. The molecule has 3 amide bonds. The van der Waals surface area contributed by atoms with Gasteiger partial charge in [-0.1, -0.05) is 0 Å². The van der Waals surface area contributed by atoms with Gasteiger partial charge in [-0.3, -0.25) is 19.3 Å². The van der Waals surface area contributed by atoms with Crippen LogP contribution in [0.5, 0.6) is 0 Å². The Labute approximate surface area is 117 Å². The first-order chi connectivity index (χ1) is 9.32. The Kier molecular flexibility index (Phi) is 3.48. The minimum atomic E-state index is -0.470. The first kappa shape index (κ1) is 14.0. The summed E-state index contributed by atoms with van der Waals surface area (Å²) in [6.45, 7) is 3.48. The average molecular weight is 275 g/mol. The van der Waals surface area contributed by atoms with Crippen molar-refractivity contribution >= 4 is 23.4 Å². The molecule has 1 aromatic rings. The van der Waals surface area contributed by atoms with Gasteiger partial charge in [0.2, 0.25) is 5.91 Å². The fourth-order valence-corrected chi connectivity index (χ4v) is 1.99. The van der Waals surface area contributed by atoms with Gasteiger partial charge in [0, 0.05) is 18.8 Å². The third kappa shape index (κ3) is 2.24. The van der Waals surface area contributed by atoms with E-state index in [0.717, 1.165) is 4.90 Å². The van der Waals surface area contributed by atoms with Crippen molar-refractivity contribution in [3.63, 3.8) is 0 Å². The number of hydrogen-bond acceptors (Lipinski definition) is 4. The highest BCUT2D eigenvalue weighted by Gasteiger charge is 2.37. The third-order valence-electron chi connectivity index (χ3n) is 3.46. The zero-order valence-corrected chi connectivity index (χ0v) is 11.7. The topological polar surface area (TPSA) is 83.7 Å². The summed E-state index contributed by atoms with van der Waals surface area (Å²) < 4.78 is 0. The standard InChI is InChI=1S/C14H17N3O3/c1-8(2)16(3)12(18)7-17-13(19)10-5-4-9(15)6-11(10)14(17)20/h4-6,8H,7,15H2,1-3H3. The van der Waals surface area contributed by atoms with Crippen molar-refractivity contribution in [3.05, 3.63) is 29.3 Å². The number of amides is 3. The average Bonchev–Trinajstić information content (AvgIpc) is 2.62. The predicted octanol–water partition coefficient (Wildman–Crippen LogP) is 0.732. The van der Waals surface area contributed by atoms with Gasteiger partial charge in [-0.25, -0.2) is 0 Å². The van der Waals surface area contributed by atoms with E-state index in [1.165, 1.54) is 17.0 Å². The van der Waals surface area contributed by atoms with Crippen LogP contribution in [0.4, 0.5) is 5.69 Å². The van der Waals surface area contributed by atoms with Gasteiger partial charge in [0.15, 0.2) is 0 Å². The Hall–Kier alpha value is -2.37. The van der Waals surface area contributed by atoms with Crippen molar-refractivity contribution in [3.8, 4) is 0 Å². The molecule has 0 spiro atoms. The molecule has 2 N–H and O–H groups in total. The van der Waals surface area contributed by atoms with Crippen LogP contribution in [0.2, 0.25) is 0 Å². The minimum Gasteiger partial charge on any atom is -0.399 e. The molecule has 6 nitrogen and oxygen atoms in total. The van der Waals surface area contributed by atoms with Crippen molar-refractivity contribution in [2.75, 3.05) is 19.3 Å². The molecule has 106 valence electrons. The van der Waals surface area contributed by atoms with Crippen molar-refractivity contribution in [1.29, 1.82) is 0 Å². The van der Waals surface area contributed by atoms with Gasteiger partial charge in [0.1, 0.15) is 6.54 Å². The number of anilines is 1. The van der Waals surface area contributed by atoms with Crippen LogP contribution in [-0.4, -0.2) is 47.2 Å². The van der Waals surface area contributed by atoms with Crippen LogP contribution in [-0.2, 0) is 4.79 Å². The number of imide groups is 1. The molecule has 0 bridgehead atoms. The zero-order chi connectivity index (χ0) is 15.0. The van der Waals surface area contributed by atoms with Gasteiger partial charge in [-0.05, 0) is 32.0 Å². The molecule has 0 fully saturated rings. The lowest BCUT2D eigenvalue weighted by Gasteiger charge is -2.23. The first-order valence-electron chi connectivity index (χ1n) is 6.34. The zero-order valence-electron chi connectivity index (χ0n) is 11.7. The highest BCUT2D eigenvalue weighted by molar-refractivity contribution is 6.22. The summed E-state index contributed by atoms with van der Waals surface area (Å²) >= 11 is 0. The predicted molar refractivity (Wildman–Crippen MR) is 74.1 cm³/mol. The van der Waals surface area contributed by atoms with Crippen LogP contribution >= 0.6 is 0 Å². The normalized spacial score (nSPS) is 13.9. The number of nitrogens with zero attached hydrogens (tertiary/aromatic N) is 2. The number of benzene rings is 1. The van der Waals surface area contributed by atoms with Crippen molar-refractivity contribution in [2.24, 2.45) is 0 Å². The van der Waals surface area contributed by atoms with E-state index in [4.69, 9.17) is 5.73 Å². The van der Waals surface area contributed by atoms with Gasteiger partial charge < -0.3 is 10.6 Å². The summed E-state index contributed by atoms with van der Waals surface area (Å²) in [7, 11) is 1.64. The summed E-state index contributed by atoms with van der Waals surface area (Å²) in [4.78, 5) is 38.8. The maximum atomic E-state index is 12.2.